The summed E-state index contributed by atoms with van der Waals surface area (Å²) in [5, 5.41) is 11.8. The Kier molecular flexibility index (Phi) is 11.7. The second kappa shape index (κ2) is 15.2. The molecule has 3 aromatic carbocycles. The lowest BCUT2D eigenvalue weighted by Crippen LogP contribution is -2.31. The number of hydrogen-bond acceptors (Lipinski definition) is 9. The van der Waals surface area contributed by atoms with Crippen LogP contribution in [0.4, 0.5) is 5.69 Å². The molecule has 42 heavy (non-hydrogen) atoms. The molecule has 0 aliphatic rings. The monoisotopic (exact) mass is 595 g/mol. The Morgan fingerprint density at radius 2 is 1.64 bits per heavy atom. The van der Waals surface area contributed by atoms with Crippen LogP contribution in [0.1, 0.15) is 40.8 Å². The summed E-state index contributed by atoms with van der Waals surface area (Å²) in [5.41, 5.74) is 3.71. The van der Waals surface area contributed by atoms with Gasteiger partial charge in [0.2, 0.25) is 0 Å². The number of amides is 1. The number of anilines is 1. The molecule has 1 unspecified atom stereocenters. The highest BCUT2D eigenvalue weighted by Gasteiger charge is 2.27. The van der Waals surface area contributed by atoms with E-state index < -0.39 is 18.0 Å². The van der Waals surface area contributed by atoms with E-state index in [0.29, 0.717) is 51.1 Å². The first-order valence-electron chi connectivity index (χ1n) is 13.2. The Morgan fingerprint density at radius 1 is 0.905 bits per heavy atom. The number of carbonyl (C=O) groups excluding carboxylic acids is 2. The van der Waals surface area contributed by atoms with E-state index in [0.717, 1.165) is 23.3 Å². The minimum absolute atomic E-state index is 0.0448. The molecule has 1 N–H and O–H groups in total. The molecule has 0 aromatic heterocycles. The van der Waals surface area contributed by atoms with E-state index in [2.05, 4.69) is 12.6 Å². The van der Waals surface area contributed by atoms with Crippen molar-refractivity contribution in [3.8, 4) is 23.0 Å². The van der Waals surface area contributed by atoms with Gasteiger partial charge in [0.15, 0.2) is 11.5 Å². The van der Waals surface area contributed by atoms with Crippen LogP contribution in [-0.4, -0.2) is 52.0 Å². The van der Waals surface area contributed by atoms with Crippen LogP contribution in [0, 0.1) is 6.92 Å². The van der Waals surface area contributed by atoms with Crippen LogP contribution in [-0.2, 0) is 26.6 Å². The van der Waals surface area contributed by atoms with Crippen molar-refractivity contribution >= 4 is 30.2 Å². The number of methoxy groups -OCH3 is 4. The first-order chi connectivity index (χ1) is 20.2. The summed E-state index contributed by atoms with van der Waals surface area (Å²) >= 11 is 4.49. The van der Waals surface area contributed by atoms with Crippen LogP contribution in [0.3, 0.4) is 0 Å². The van der Waals surface area contributed by atoms with E-state index in [1.165, 1.54) is 26.2 Å². The average Bonchev–Trinajstić information content (AvgIpc) is 3.01. The number of carbonyl (C=O) groups is 2. The Bertz CT molecular complexity index is 1440. The predicted molar refractivity (Wildman–Crippen MR) is 164 cm³/mol. The number of benzene rings is 3. The van der Waals surface area contributed by atoms with Crippen molar-refractivity contribution < 1.29 is 38.4 Å². The van der Waals surface area contributed by atoms with Crippen molar-refractivity contribution in [2.45, 2.75) is 32.2 Å². The number of nitrogens with zero attached hydrogens (tertiary/aromatic N) is 1. The molecule has 0 heterocycles. The number of hydrogen-bond donors (Lipinski definition) is 2. The van der Waals surface area contributed by atoms with E-state index in [1.807, 2.05) is 19.1 Å². The minimum atomic E-state index is -1.21. The fourth-order valence-corrected chi connectivity index (χ4v) is 4.88. The van der Waals surface area contributed by atoms with E-state index in [4.69, 9.17) is 23.7 Å². The number of aliphatic hydroxyl groups is 1. The highest BCUT2D eigenvalue weighted by atomic mass is 32.1. The van der Waals surface area contributed by atoms with Crippen molar-refractivity contribution in [1.29, 1.82) is 0 Å². The highest BCUT2D eigenvalue weighted by molar-refractivity contribution is 7.79. The largest absolute Gasteiger partial charge is 0.497 e. The van der Waals surface area contributed by atoms with Crippen molar-refractivity contribution in [3.63, 3.8) is 0 Å². The fourth-order valence-electron chi connectivity index (χ4n) is 4.53. The SMILES string of the molecule is CCOC(=O)/C=C/C(=O)N(Cc1ccc(OC)cc1OC)c1cc(CS)c(C)cc1C(O)c1cccc(OC)c1OC. The molecule has 1 atom stereocenters. The van der Waals surface area contributed by atoms with E-state index in [9.17, 15) is 14.7 Å². The fraction of sp³-hybridized carbons (Fsp3) is 0.312. The zero-order chi connectivity index (χ0) is 30.8. The summed E-state index contributed by atoms with van der Waals surface area (Å²) in [5.74, 6) is 1.14. The van der Waals surface area contributed by atoms with Crippen molar-refractivity contribution in [1.82, 2.24) is 0 Å². The minimum Gasteiger partial charge on any atom is -0.497 e. The molecule has 0 radical (unpaired) electrons. The summed E-state index contributed by atoms with van der Waals surface area (Å²) in [6, 6.07) is 14.1. The van der Waals surface area contributed by atoms with Gasteiger partial charge in [-0.15, -0.1) is 0 Å². The van der Waals surface area contributed by atoms with Gasteiger partial charge in [-0.05, 0) is 49.2 Å². The molecule has 224 valence electrons. The molecule has 0 aliphatic carbocycles. The number of esters is 1. The van der Waals surface area contributed by atoms with Crippen LogP contribution < -0.4 is 23.8 Å². The number of para-hydroxylation sites is 1. The zero-order valence-electron chi connectivity index (χ0n) is 24.7. The van der Waals surface area contributed by atoms with Crippen LogP contribution in [0.2, 0.25) is 0 Å². The molecule has 0 fully saturated rings. The number of thiol groups is 1. The molecular formula is C32H37NO8S. The van der Waals surface area contributed by atoms with Gasteiger partial charge in [-0.2, -0.15) is 12.6 Å². The molecule has 0 saturated heterocycles. The Labute approximate surface area is 252 Å². The second-order valence-corrected chi connectivity index (χ2v) is 9.48. The molecule has 1 amide bonds. The van der Waals surface area contributed by atoms with Crippen LogP contribution >= 0.6 is 12.6 Å². The third kappa shape index (κ3) is 7.37. The summed E-state index contributed by atoms with van der Waals surface area (Å²) in [6.45, 7) is 3.81. The summed E-state index contributed by atoms with van der Waals surface area (Å²) in [4.78, 5) is 27.4. The van der Waals surface area contributed by atoms with E-state index in [-0.39, 0.29) is 13.2 Å². The molecule has 0 spiro atoms. The standard InChI is InChI=1S/C32H37NO8S/c1-7-41-30(35)14-13-29(34)33(18-21-11-12-23(37-3)17-28(21)39-5)26-16-22(19-42)20(2)15-25(26)31(36)24-9-8-10-27(38-4)32(24)40-6/h8-17,31,36,42H,7,18-19H2,1-6H3/b14-13+. The van der Waals surface area contributed by atoms with E-state index in [1.54, 1.807) is 50.4 Å². The van der Waals surface area contributed by atoms with Crippen LogP contribution in [0.25, 0.3) is 0 Å². The number of aryl methyl sites for hydroxylation is 1. The smallest absolute Gasteiger partial charge is 0.330 e. The van der Waals surface area contributed by atoms with Gasteiger partial charge in [-0.3, -0.25) is 4.79 Å². The summed E-state index contributed by atoms with van der Waals surface area (Å²) in [6.07, 6.45) is 1.02. The third-order valence-electron chi connectivity index (χ3n) is 6.71. The van der Waals surface area contributed by atoms with Gasteiger partial charge < -0.3 is 33.7 Å². The Balaban J connectivity index is 2.26. The van der Waals surface area contributed by atoms with Gasteiger partial charge >= 0.3 is 5.97 Å². The van der Waals surface area contributed by atoms with Crippen LogP contribution in [0.15, 0.2) is 60.7 Å². The second-order valence-electron chi connectivity index (χ2n) is 9.17. The van der Waals surface area contributed by atoms with E-state index >= 15 is 0 Å². The van der Waals surface area contributed by atoms with Gasteiger partial charge in [0, 0.05) is 40.7 Å². The molecule has 3 aromatic rings. The number of rotatable bonds is 13. The topological polar surface area (TPSA) is 104 Å². The van der Waals surface area contributed by atoms with Crippen molar-refractivity contribution in [2.75, 3.05) is 39.9 Å². The quantitative estimate of drug-likeness (QED) is 0.158. The molecule has 10 heteroatoms. The molecule has 9 nitrogen and oxygen atoms in total. The average molecular weight is 596 g/mol. The highest BCUT2D eigenvalue weighted by Crippen LogP contribution is 2.41. The zero-order valence-corrected chi connectivity index (χ0v) is 25.6. The van der Waals surface area contributed by atoms with Crippen LogP contribution in [0.5, 0.6) is 23.0 Å². The van der Waals surface area contributed by atoms with Crippen molar-refractivity contribution in [3.05, 3.63) is 88.5 Å². The lowest BCUT2D eigenvalue weighted by molar-refractivity contribution is -0.137. The molecule has 3 rings (SSSR count). The normalized spacial score (nSPS) is 11.6. The lowest BCUT2D eigenvalue weighted by Gasteiger charge is -2.29. The number of ether oxygens (including phenoxy) is 5. The molecule has 0 saturated carbocycles. The lowest BCUT2D eigenvalue weighted by atomic mass is 9.94. The maximum Gasteiger partial charge on any atom is 0.330 e. The van der Waals surface area contributed by atoms with Gasteiger partial charge in [0.1, 0.15) is 17.6 Å². The van der Waals surface area contributed by atoms with Gasteiger partial charge in [-0.25, -0.2) is 4.79 Å². The first-order valence-corrected chi connectivity index (χ1v) is 13.9. The summed E-state index contributed by atoms with van der Waals surface area (Å²) in [7, 11) is 6.09. The summed E-state index contributed by atoms with van der Waals surface area (Å²) < 4.78 is 27.0. The van der Waals surface area contributed by atoms with Crippen molar-refractivity contribution in [2.24, 2.45) is 0 Å². The molecule has 0 bridgehead atoms. The maximum atomic E-state index is 13.8. The Hall–Kier alpha value is -4.15. The molecular weight excluding hydrogens is 558 g/mol. The van der Waals surface area contributed by atoms with Gasteiger partial charge in [-0.1, -0.05) is 18.2 Å². The van der Waals surface area contributed by atoms with Gasteiger partial charge in [0.05, 0.1) is 47.3 Å². The first kappa shape index (κ1) is 32.4. The van der Waals surface area contributed by atoms with Gasteiger partial charge in [0.25, 0.3) is 5.91 Å². The third-order valence-corrected chi connectivity index (χ3v) is 7.05. The molecule has 0 aliphatic heterocycles. The maximum absolute atomic E-state index is 13.8. The number of aliphatic hydroxyl groups excluding tert-OH is 1. The predicted octanol–water partition coefficient (Wildman–Crippen LogP) is 5.19. The Morgan fingerprint density at radius 3 is 2.26 bits per heavy atom.